The largest absolute Gasteiger partial charge is 0.493 e. The molecule has 1 amide bonds. The molecule has 5 heteroatoms. The number of rotatable bonds is 4. The number of carbonyl (C=O) groups is 1. The molecule has 1 aliphatic heterocycles. The Hall–Kier alpha value is -3.08. The first-order valence-electron chi connectivity index (χ1n) is 9.17. The summed E-state index contributed by atoms with van der Waals surface area (Å²) in [5.41, 5.74) is 2.87. The topological polar surface area (TPSA) is 55.6 Å². The number of hydrogen-bond donors (Lipinski definition) is 0. The Labute approximate surface area is 158 Å². The second-order valence-corrected chi connectivity index (χ2v) is 6.88. The fraction of sp³-hybridized carbons (Fsp3) is 0.273. The van der Waals surface area contributed by atoms with Gasteiger partial charge in [-0.3, -0.25) is 4.79 Å². The third kappa shape index (κ3) is 3.87. The van der Waals surface area contributed by atoms with Gasteiger partial charge >= 0.3 is 0 Å². The van der Waals surface area contributed by atoms with E-state index in [0.717, 1.165) is 22.6 Å². The van der Waals surface area contributed by atoms with Gasteiger partial charge in [-0.05, 0) is 24.5 Å². The Morgan fingerprint density at radius 1 is 1.15 bits per heavy atom. The van der Waals surface area contributed by atoms with Crippen molar-refractivity contribution in [2.24, 2.45) is 5.92 Å². The van der Waals surface area contributed by atoms with Crippen LogP contribution in [0.1, 0.15) is 17.7 Å². The number of hydrogen-bond acceptors (Lipinski definition) is 4. The average molecular weight is 362 g/mol. The van der Waals surface area contributed by atoms with Gasteiger partial charge in [-0.2, -0.15) is 0 Å². The first-order chi connectivity index (χ1) is 13.2. The Morgan fingerprint density at radius 2 is 1.93 bits per heavy atom. The van der Waals surface area contributed by atoms with Gasteiger partial charge in [-0.1, -0.05) is 53.7 Å². The van der Waals surface area contributed by atoms with Crippen LogP contribution in [-0.2, 0) is 17.8 Å². The number of carbonyl (C=O) groups excluding carboxylic acids is 1. The lowest BCUT2D eigenvalue weighted by Gasteiger charge is -2.21. The number of ether oxygens (including phenoxy) is 1. The molecule has 0 saturated heterocycles. The Morgan fingerprint density at radius 3 is 2.78 bits per heavy atom. The van der Waals surface area contributed by atoms with Crippen molar-refractivity contribution in [3.63, 3.8) is 0 Å². The zero-order chi connectivity index (χ0) is 18.6. The van der Waals surface area contributed by atoms with E-state index in [4.69, 9.17) is 9.26 Å². The van der Waals surface area contributed by atoms with Crippen molar-refractivity contribution < 1.29 is 14.1 Å². The van der Waals surface area contributed by atoms with Crippen molar-refractivity contribution in [3.05, 3.63) is 72.0 Å². The third-order valence-corrected chi connectivity index (χ3v) is 4.91. The zero-order valence-corrected chi connectivity index (χ0v) is 15.3. The number of fused-ring (bicyclic) bond motifs is 1. The smallest absolute Gasteiger partial charge is 0.226 e. The molecule has 138 valence electrons. The highest BCUT2D eigenvalue weighted by molar-refractivity contribution is 5.79. The standard InChI is InChI=1S/C22H22N2O3/c1-24(15-19-14-20(23-27-19)16-7-3-2-4-8-16)22(25)18-11-12-26-21-10-6-5-9-17(21)13-18/h2-10,14,18H,11-13,15H2,1H3/t18-/m1/s1. The minimum Gasteiger partial charge on any atom is -0.493 e. The number of amides is 1. The number of nitrogens with zero attached hydrogens (tertiary/aromatic N) is 2. The van der Waals surface area contributed by atoms with E-state index in [9.17, 15) is 4.79 Å². The van der Waals surface area contributed by atoms with Crippen LogP contribution >= 0.6 is 0 Å². The minimum atomic E-state index is -0.0878. The molecule has 3 aromatic rings. The molecule has 0 bridgehead atoms. The second kappa shape index (κ2) is 7.66. The van der Waals surface area contributed by atoms with Gasteiger partial charge in [0.05, 0.1) is 13.2 Å². The Bertz CT molecular complexity index is 920. The minimum absolute atomic E-state index is 0.0878. The monoisotopic (exact) mass is 362 g/mol. The lowest BCUT2D eigenvalue weighted by atomic mass is 9.95. The molecule has 0 aliphatic carbocycles. The SMILES string of the molecule is CN(Cc1cc(-c2ccccc2)no1)C(=O)[C@@H]1CCOc2ccccc2C1. The second-order valence-electron chi connectivity index (χ2n) is 6.88. The first kappa shape index (κ1) is 17.3. The first-order valence-corrected chi connectivity index (χ1v) is 9.17. The van der Waals surface area contributed by atoms with E-state index in [1.807, 2.05) is 67.7 Å². The summed E-state index contributed by atoms with van der Waals surface area (Å²) in [5.74, 6) is 1.58. The van der Waals surface area contributed by atoms with Crippen molar-refractivity contribution in [3.8, 4) is 17.0 Å². The maximum Gasteiger partial charge on any atom is 0.226 e. The molecule has 4 rings (SSSR count). The van der Waals surface area contributed by atoms with Gasteiger partial charge < -0.3 is 14.2 Å². The van der Waals surface area contributed by atoms with Crippen molar-refractivity contribution in [1.82, 2.24) is 10.1 Å². The fourth-order valence-corrected chi connectivity index (χ4v) is 3.46. The van der Waals surface area contributed by atoms with Gasteiger partial charge in [-0.25, -0.2) is 0 Å². The van der Waals surface area contributed by atoms with Crippen LogP contribution in [0.4, 0.5) is 0 Å². The van der Waals surface area contributed by atoms with Crippen molar-refractivity contribution in [2.45, 2.75) is 19.4 Å². The van der Waals surface area contributed by atoms with Crippen molar-refractivity contribution >= 4 is 5.91 Å². The molecule has 0 unspecified atom stereocenters. The average Bonchev–Trinajstić information content (AvgIpc) is 3.05. The van der Waals surface area contributed by atoms with Crippen LogP contribution < -0.4 is 4.74 Å². The van der Waals surface area contributed by atoms with Crippen LogP contribution in [0.5, 0.6) is 5.75 Å². The van der Waals surface area contributed by atoms with E-state index in [2.05, 4.69) is 5.16 Å². The summed E-state index contributed by atoms with van der Waals surface area (Å²) in [4.78, 5) is 14.7. The molecule has 1 atom stereocenters. The van der Waals surface area contributed by atoms with Gasteiger partial charge in [0.25, 0.3) is 0 Å². The molecule has 0 spiro atoms. The van der Waals surface area contributed by atoms with E-state index in [1.54, 1.807) is 4.90 Å². The van der Waals surface area contributed by atoms with Crippen molar-refractivity contribution in [2.75, 3.05) is 13.7 Å². The molecule has 1 aromatic heterocycles. The lowest BCUT2D eigenvalue weighted by molar-refractivity contribution is -0.135. The summed E-state index contributed by atoms with van der Waals surface area (Å²) in [6.45, 7) is 0.958. The molecule has 0 fully saturated rings. The normalized spacial score (nSPS) is 16.1. The predicted octanol–water partition coefficient (Wildman–Crippen LogP) is 3.94. The molecule has 27 heavy (non-hydrogen) atoms. The van der Waals surface area contributed by atoms with E-state index in [-0.39, 0.29) is 11.8 Å². The molecule has 2 heterocycles. The molecule has 5 nitrogen and oxygen atoms in total. The van der Waals surface area contributed by atoms with Crippen LogP contribution in [0.25, 0.3) is 11.3 Å². The van der Waals surface area contributed by atoms with Crippen molar-refractivity contribution in [1.29, 1.82) is 0 Å². The van der Waals surface area contributed by atoms with Crippen LogP contribution in [-0.4, -0.2) is 29.6 Å². The molecule has 1 aliphatic rings. The maximum absolute atomic E-state index is 13.0. The zero-order valence-electron chi connectivity index (χ0n) is 15.3. The summed E-state index contributed by atoms with van der Waals surface area (Å²) in [6.07, 6.45) is 1.41. The lowest BCUT2D eigenvalue weighted by Crippen LogP contribution is -2.33. The summed E-state index contributed by atoms with van der Waals surface area (Å²) in [6, 6.07) is 19.7. The summed E-state index contributed by atoms with van der Waals surface area (Å²) < 4.78 is 11.2. The van der Waals surface area contributed by atoms with Gasteiger partial charge in [0.1, 0.15) is 11.4 Å². The van der Waals surface area contributed by atoms with Gasteiger partial charge in [0, 0.05) is 24.6 Å². The van der Waals surface area contributed by atoms with Crippen LogP contribution in [0, 0.1) is 5.92 Å². The van der Waals surface area contributed by atoms with E-state index >= 15 is 0 Å². The van der Waals surface area contributed by atoms with Gasteiger partial charge in [0.15, 0.2) is 5.76 Å². The highest BCUT2D eigenvalue weighted by atomic mass is 16.5. The molecule has 0 N–H and O–H groups in total. The van der Waals surface area contributed by atoms with Crippen LogP contribution in [0.2, 0.25) is 0 Å². The van der Waals surface area contributed by atoms with E-state index in [0.29, 0.717) is 31.8 Å². The van der Waals surface area contributed by atoms with Gasteiger partial charge in [0.2, 0.25) is 5.91 Å². The molecular weight excluding hydrogens is 340 g/mol. The molecule has 2 aromatic carbocycles. The molecular formula is C22H22N2O3. The maximum atomic E-state index is 13.0. The number of para-hydroxylation sites is 1. The summed E-state index contributed by atoms with van der Waals surface area (Å²) >= 11 is 0. The summed E-state index contributed by atoms with van der Waals surface area (Å²) in [5, 5.41) is 4.12. The Kier molecular flexibility index (Phi) is 4.92. The summed E-state index contributed by atoms with van der Waals surface area (Å²) in [7, 11) is 1.81. The number of benzene rings is 2. The van der Waals surface area contributed by atoms with E-state index in [1.165, 1.54) is 0 Å². The van der Waals surface area contributed by atoms with Crippen LogP contribution in [0.15, 0.2) is 65.2 Å². The Balaban J connectivity index is 1.43. The molecule has 0 radical (unpaired) electrons. The highest BCUT2D eigenvalue weighted by Crippen LogP contribution is 2.28. The number of aromatic nitrogens is 1. The quantitative estimate of drug-likeness (QED) is 0.705. The fourth-order valence-electron chi connectivity index (χ4n) is 3.46. The molecule has 0 saturated carbocycles. The highest BCUT2D eigenvalue weighted by Gasteiger charge is 2.26. The third-order valence-electron chi connectivity index (χ3n) is 4.91. The van der Waals surface area contributed by atoms with Gasteiger partial charge in [-0.15, -0.1) is 0 Å². The van der Waals surface area contributed by atoms with Crippen LogP contribution in [0.3, 0.4) is 0 Å². The van der Waals surface area contributed by atoms with E-state index < -0.39 is 0 Å². The predicted molar refractivity (Wildman–Crippen MR) is 102 cm³/mol.